The fourth-order valence-electron chi connectivity index (χ4n) is 3.80. The number of anilines is 1. The maximum absolute atomic E-state index is 13.6. The highest BCUT2D eigenvalue weighted by atomic mass is 79.9. The predicted molar refractivity (Wildman–Crippen MR) is 136 cm³/mol. The third-order valence-corrected chi connectivity index (χ3v) is 8.16. The van der Waals surface area contributed by atoms with Crippen LogP contribution in [0.25, 0.3) is 15.9 Å². The summed E-state index contributed by atoms with van der Waals surface area (Å²) < 4.78 is 2.54. The van der Waals surface area contributed by atoms with Gasteiger partial charge in [-0.05, 0) is 73.4 Å². The minimum absolute atomic E-state index is 0.0902. The molecule has 2 aromatic heterocycles. The Labute approximate surface area is 206 Å². The first-order chi connectivity index (χ1) is 15.5. The summed E-state index contributed by atoms with van der Waals surface area (Å²) in [6.45, 7) is 0. The zero-order chi connectivity index (χ0) is 22.2. The van der Waals surface area contributed by atoms with Crippen LogP contribution < -0.4 is 10.9 Å². The Morgan fingerprint density at radius 2 is 1.91 bits per heavy atom. The van der Waals surface area contributed by atoms with Gasteiger partial charge in [0.05, 0.1) is 16.8 Å². The van der Waals surface area contributed by atoms with Crippen LogP contribution in [0.3, 0.4) is 0 Å². The molecule has 0 unspecified atom stereocenters. The number of nitrogens with zero attached hydrogens (tertiary/aromatic N) is 2. The third-order valence-electron chi connectivity index (χ3n) is 5.25. The highest BCUT2D eigenvalue weighted by Gasteiger charge is 2.24. The molecule has 0 spiro atoms. The number of halogens is 2. The van der Waals surface area contributed by atoms with Gasteiger partial charge >= 0.3 is 0 Å². The SMILES string of the molecule is O=C(CSc1nc2sc3c(c2c(=O)n1-c1ccc(Cl)cc1)CCC3)Nc1ccc(Br)cc1. The van der Waals surface area contributed by atoms with Crippen molar-refractivity contribution >= 4 is 72.4 Å². The number of benzene rings is 2. The lowest BCUT2D eigenvalue weighted by Crippen LogP contribution is -2.23. The van der Waals surface area contributed by atoms with E-state index in [1.165, 1.54) is 16.6 Å². The topological polar surface area (TPSA) is 64.0 Å². The molecule has 5 rings (SSSR count). The van der Waals surface area contributed by atoms with Crippen molar-refractivity contribution in [2.45, 2.75) is 24.4 Å². The van der Waals surface area contributed by atoms with E-state index < -0.39 is 0 Å². The summed E-state index contributed by atoms with van der Waals surface area (Å²) in [5.74, 6) is -0.0323. The molecule has 1 amide bonds. The van der Waals surface area contributed by atoms with E-state index in [4.69, 9.17) is 16.6 Å². The summed E-state index contributed by atoms with van der Waals surface area (Å²) in [4.78, 5) is 33.0. The number of hydrogen-bond acceptors (Lipinski definition) is 5. The second-order valence-electron chi connectivity index (χ2n) is 7.39. The average molecular weight is 547 g/mol. The normalized spacial score (nSPS) is 12.8. The van der Waals surface area contributed by atoms with Gasteiger partial charge in [0.1, 0.15) is 4.83 Å². The van der Waals surface area contributed by atoms with E-state index >= 15 is 0 Å². The number of thiophene rings is 1. The van der Waals surface area contributed by atoms with Crippen LogP contribution in [-0.2, 0) is 17.6 Å². The van der Waals surface area contributed by atoms with Gasteiger partial charge in [0.15, 0.2) is 5.16 Å². The van der Waals surface area contributed by atoms with Gasteiger partial charge in [0, 0.05) is 20.1 Å². The summed E-state index contributed by atoms with van der Waals surface area (Å²) in [6, 6.07) is 14.5. The summed E-state index contributed by atoms with van der Waals surface area (Å²) in [5.41, 5.74) is 2.44. The monoisotopic (exact) mass is 545 g/mol. The van der Waals surface area contributed by atoms with Crippen LogP contribution in [0.4, 0.5) is 5.69 Å². The second-order valence-corrected chi connectivity index (χ2v) is 10.8. The molecular weight excluding hydrogens is 530 g/mol. The molecule has 2 aromatic carbocycles. The first-order valence-electron chi connectivity index (χ1n) is 10.0. The van der Waals surface area contributed by atoms with Crippen LogP contribution in [0.2, 0.25) is 5.02 Å². The van der Waals surface area contributed by atoms with Crippen molar-refractivity contribution in [2.75, 3.05) is 11.1 Å². The lowest BCUT2D eigenvalue weighted by atomic mass is 10.2. The van der Waals surface area contributed by atoms with Crippen molar-refractivity contribution in [1.82, 2.24) is 9.55 Å². The van der Waals surface area contributed by atoms with Crippen molar-refractivity contribution in [3.63, 3.8) is 0 Å². The molecule has 1 aliphatic rings. The minimum Gasteiger partial charge on any atom is -0.325 e. The van der Waals surface area contributed by atoms with Crippen LogP contribution >= 0.6 is 50.6 Å². The Balaban J connectivity index is 1.50. The van der Waals surface area contributed by atoms with Gasteiger partial charge in [-0.15, -0.1) is 11.3 Å². The van der Waals surface area contributed by atoms with E-state index in [1.807, 2.05) is 24.3 Å². The summed E-state index contributed by atoms with van der Waals surface area (Å²) in [5, 5.41) is 4.68. The molecule has 0 radical (unpaired) electrons. The number of nitrogens with one attached hydrogen (secondary N) is 1. The number of aryl methyl sites for hydroxylation is 2. The lowest BCUT2D eigenvalue weighted by molar-refractivity contribution is -0.113. The van der Waals surface area contributed by atoms with Gasteiger partial charge in [-0.2, -0.15) is 0 Å². The molecule has 5 nitrogen and oxygen atoms in total. The van der Waals surface area contributed by atoms with E-state index in [1.54, 1.807) is 40.2 Å². The lowest BCUT2D eigenvalue weighted by Gasteiger charge is -2.13. The number of aromatic nitrogens is 2. The molecule has 1 aliphatic carbocycles. The van der Waals surface area contributed by atoms with Crippen molar-refractivity contribution in [3.8, 4) is 5.69 Å². The molecule has 162 valence electrons. The molecule has 0 atom stereocenters. The van der Waals surface area contributed by atoms with Gasteiger partial charge in [-0.1, -0.05) is 39.3 Å². The van der Waals surface area contributed by atoms with Crippen molar-refractivity contribution in [1.29, 1.82) is 0 Å². The van der Waals surface area contributed by atoms with E-state index in [9.17, 15) is 9.59 Å². The molecular formula is C23H17BrClN3O2S2. The molecule has 1 N–H and O–H groups in total. The Kier molecular flexibility index (Phi) is 6.11. The summed E-state index contributed by atoms with van der Waals surface area (Å²) in [7, 11) is 0. The Hall–Kier alpha value is -2.13. The van der Waals surface area contributed by atoms with Gasteiger partial charge in [-0.3, -0.25) is 14.2 Å². The molecule has 0 saturated carbocycles. The zero-order valence-corrected chi connectivity index (χ0v) is 20.7. The summed E-state index contributed by atoms with van der Waals surface area (Å²) >= 11 is 12.3. The Morgan fingerprint density at radius 1 is 1.16 bits per heavy atom. The molecule has 9 heteroatoms. The Bertz CT molecular complexity index is 1380. The zero-order valence-electron chi connectivity index (χ0n) is 16.7. The molecule has 0 fully saturated rings. The first kappa shape index (κ1) is 21.7. The number of thioether (sulfide) groups is 1. The third kappa shape index (κ3) is 4.24. The van der Waals surface area contributed by atoms with Gasteiger partial charge < -0.3 is 5.32 Å². The van der Waals surface area contributed by atoms with Crippen molar-refractivity contribution in [3.05, 3.63) is 78.8 Å². The standard InChI is InChI=1S/C23H17BrClN3O2S2/c24-13-4-8-15(9-5-13)26-19(29)12-31-23-27-21-20(17-2-1-3-18(17)32-21)22(30)28(23)16-10-6-14(25)7-11-16/h4-11H,1-3,12H2,(H,26,29). The molecule has 0 saturated heterocycles. The second kappa shape index (κ2) is 9.02. The number of carbonyl (C=O) groups is 1. The van der Waals surface area contributed by atoms with Crippen molar-refractivity contribution < 1.29 is 4.79 Å². The van der Waals surface area contributed by atoms with Crippen LogP contribution in [0, 0.1) is 0 Å². The van der Waals surface area contributed by atoms with Crippen LogP contribution in [0.1, 0.15) is 16.9 Å². The highest BCUT2D eigenvalue weighted by Crippen LogP contribution is 2.36. The first-order valence-corrected chi connectivity index (χ1v) is 13.0. The average Bonchev–Trinajstić information content (AvgIpc) is 3.36. The maximum Gasteiger partial charge on any atom is 0.267 e. The number of fused-ring (bicyclic) bond motifs is 3. The fourth-order valence-corrected chi connectivity index (χ4v) is 6.31. The van der Waals surface area contributed by atoms with E-state index in [-0.39, 0.29) is 17.2 Å². The predicted octanol–water partition coefficient (Wildman–Crippen LogP) is 6.08. The van der Waals surface area contributed by atoms with Crippen molar-refractivity contribution in [2.24, 2.45) is 0 Å². The Morgan fingerprint density at radius 3 is 2.66 bits per heavy atom. The van der Waals surface area contributed by atoms with Gasteiger partial charge in [0.25, 0.3) is 5.56 Å². The van der Waals surface area contributed by atoms with Gasteiger partial charge in [-0.25, -0.2) is 4.98 Å². The van der Waals surface area contributed by atoms with E-state index in [2.05, 4.69) is 21.2 Å². The molecule has 4 aromatic rings. The van der Waals surface area contributed by atoms with E-state index in [0.29, 0.717) is 26.9 Å². The van der Waals surface area contributed by atoms with E-state index in [0.717, 1.165) is 34.1 Å². The number of amides is 1. The van der Waals surface area contributed by atoms with Crippen LogP contribution in [0.5, 0.6) is 0 Å². The largest absolute Gasteiger partial charge is 0.325 e. The fraction of sp³-hybridized carbons (Fsp3) is 0.174. The number of hydrogen-bond donors (Lipinski definition) is 1. The quantitative estimate of drug-likeness (QED) is 0.243. The smallest absolute Gasteiger partial charge is 0.267 e. The summed E-state index contributed by atoms with van der Waals surface area (Å²) in [6.07, 6.45) is 2.98. The highest BCUT2D eigenvalue weighted by molar-refractivity contribution is 9.10. The van der Waals surface area contributed by atoms with Crippen LogP contribution in [0.15, 0.2) is 63.0 Å². The minimum atomic E-state index is -0.164. The molecule has 0 aliphatic heterocycles. The van der Waals surface area contributed by atoms with Gasteiger partial charge in [0.2, 0.25) is 5.91 Å². The molecule has 2 heterocycles. The molecule has 32 heavy (non-hydrogen) atoms. The number of carbonyl (C=O) groups excluding carboxylic acids is 1. The number of rotatable bonds is 5. The van der Waals surface area contributed by atoms with Crippen LogP contribution in [-0.4, -0.2) is 21.2 Å². The maximum atomic E-state index is 13.6. The molecule has 0 bridgehead atoms.